The van der Waals surface area contributed by atoms with Crippen LogP contribution in [0.3, 0.4) is 0 Å². The lowest BCUT2D eigenvalue weighted by Gasteiger charge is -2.21. The van der Waals surface area contributed by atoms with Crippen molar-refractivity contribution in [3.8, 4) is 0 Å². The first-order chi connectivity index (χ1) is 25.5. The van der Waals surface area contributed by atoms with E-state index in [9.17, 15) is 29.4 Å². The van der Waals surface area contributed by atoms with Crippen molar-refractivity contribution in [1.82, 2.24) is 0 Å². The first-order valence-corrected chi connectivity index (χ1v) is 16.3. The van der Waals surface area contributed by atoms with Gasteiger partial charge in [0.05, 0.1) is 13.2 Å². The molecule has 4 rings (SSSR count). The van der Waals surface area contributed by atoms with Crippen molar-refractivity contribution >= 4 is 47.1 Å². The zero-order chi connectivity index (χ0) is 38.1. The van der Waals surface area contributed by atoms with Gasteiger partial charge in [-0.25, -0.2) is 19.2 Å². The largest absolute Gasteiger partial charge is 0.447 e. The summed E-state index contributed by atoms with van der Waals surface area (Å²) >= 11 is 0. The summed E-state index contributed by atoms with van der Waals surface area (Å²) in [6, 6.07) is 28.0. The molecule has 16 heteroatoms. The van der Waals surface area contributed by atoms with Gasteiger partial charge in [-0.1, -0.05) is 48.5 Å². The van der Waals surface area contributed by atoms with E-state index in [0.717, 1.165) is 22.3 Å². The molecule has 280 valence electrons. The fraction of sp³-hybridized carbons (Fsp3) is 0.243. The summed E-state index contributed by atoms with van der Waals surface area (Å²) in [7, 11) is 0. The zero-order valence-corrected chi connectivity index (χ0v) is 28.4. The number of anilines is 4. The lowest BCUT2D eigenvalue weighted by molar-refractivity contribution is -0.206. The molecule has 0 radical (unpaired) electrons. The second kappa shape index (κ2) is 20.0. The number of benzene rings is 4. The van der Waals surface area contributed by atoms with Gasteiger partial charge in [0.2, 0.25) is 5.79 Å². The van der Waals surface area contributed by atoms with Crippen LogP contribution in [0, 0.1) is 0 Å². The van der Waals surface area contributed by atoms with E-state index in [-0.39, 0.29) is 26.4 Å². The van der Waals surface area contributed by atoms with Crippen LogP contribution in [0.25, 0.3) is 0 Å². The maximum Gasteiger partial charge on any atom is 0.411 e. The van der Waals surface area contributed by atoms with Gasteiger partial charge in [0.1, 0.15) is 13.2 Å². The molecule has 16 nitrogen and oxygen atoms in total. The van der Waals surface area contributed by atoms with Crippen molar-refractivity contribution in [1.29, 1.82) is 0 Å². The minimum Gasteiger partial charge on any atom is -0.447 e. The Labute approximate surface area is 304 Å². The number of carbonyl (C=O) groups excluding carboxylic acids is 4. The SMILES string of the molecule is O=C(Nc1ccc(Cc2ccc(NC(=O)OCC(O)(O)COC(=O)Nc3ccc(Cc4ccc(NC(=O)OCCO)cc4)cc3)cc2)cc1)OCCO. The van der Waals surface area contributed by atoms with Gasteiger partial charge in [0.25, 0.3) is 0 Å². The highest BCUT2D eigenvalue weighted by atomic mass is 16.6. The maximum absolute atomic E-state index is 12.3. The molecule has 0 spiro atoms. The van der Waals surface area contributed by atoms with Crippen molar-refractivity contribution in [3.05, 3.63) is 119 Å². The number of amides is 4. The Morgan fingerprint density at radius 2 is 0.679 bits per heavy atom. The average molecular weight is 733 g/mol. The van der Waals surface area contributed by atoms with Gasteiger partial charge >= 0.3 is 24.4 Å². The predicted octanol–water partition coefficient (Wildman–Crippen LogP) is 4.43. The average Bonchev–Trinajstić information content (AvgIpc) is 3.15. The Morgan fingerprint density at radius 1 is 0.434 bits per heavy atom. The highest BCUT2D eigenvalue weighted by Crippen LogP contribution is 2.18. The van der Waals surface area contributed by atoms with Gasteiger partial charge in [-0.15, -0.1) is 0 Å². The Kier molecular flexibility index (Phi) is 14.9. The topological polar surface area (TPSA) is 234 Å². The summed E-state index contributed by atoms with van der Waals surface area (Å²) in [6.45, 7) is -2.48. The van der Waals surface area contributed by atoms with E-state index in [1.54, 1.807) is 72.8 Å². The Hall–Kier alpha value is -6.20. The van der Waals surface area contributed by atoms with Gasteiger partial charge in [0.15, 0.2) is 13.2 Å². The van der Waals surface area contributed by atoms with Gasteiger partial charge in [-0.3, -0.25) is 21.3 Å². The number of rotatable bonds is 16. The smallest absolute Gasteiger partial charge is 0.411 e. The number of hydrogen-bond acceptors (Lipinski definition) is 12. The lowest BCUT2D eigenvalue weighted by atomic mass is 10.0. The highest BCUT2D eigenvalue weighted by Gasteiger charge is 2.28. The molecule has 0 atom stereocenters. The van der Waals surface area contributed by atoms with Crippen LogP contribution in [0.15, 0.2) is 97.1 Å². The van der Waals surface area contributed by atoms with Crippen LogP contribution >= 0.6 is 0 Å². The van der Waals surface area contributed by atoms with E-state index in [4.69, 9.17) is 29.2 Å². The second-order valence-corrected chi connectivity index (χ2v) is 11.5. The highest BCUT2D eigenvalue weighted by molar-refractivity contribution is 5.86. The molecule has 0 saturated heterocycles. The van der Waals surface area contributed by atoms with E-state index in [0.29, 0.717) is 35.6 Å². The summed E-state index contributed by atoms with van der Waals surface area (Å²) < 4.78 is 19.3. The molecule has 0 aliphatic rings. The maximum atomic E-state index is 12.3. The standard InChI is InChI=1S/C37H40N4O12/c42-17-19-50-33(44)38-29-9-1-25(2-10-29)21-27-5-13-31(14-6-27)40-35(46)52-23-37(48,49)24-53-36(47)41-32-15-7-28(8-16-32)22-26-3-11-30(12-4-26)39-34(45)51-20-18-43/h1-16,42-43,48-49H,17-24H2,(H,38,44)(H,39,45)(H,40,46)(H,41,47). The normalized spacial score (nSPS) is 10.8. The van der Waals surface area contributed by atoms with Crippen LogP contribution in [0.1, 0.15) is 22.3 Å². The Morgan fingerprint density at radius 3 is 0.925 bits per heavy atom. The summed E-state index contributed by atoms with van der Waals surface area (Å²) in [6.07, 6.45) is -2.10. The monoisotopic (exact) mass is 732 g/mol. The van der Waals surface area contributed by atoms with Gasteiger partial charge in [0, 0.05) is 22.7 Å². The second-order valence-electron chi connectivity index (χ2n) is 11.5. The molecule has 4 aromatic carbocycles. The Bertz CT molecular complexity index is 1650. The number of carbonyl (C=O) groups is 4. The van der Waals surface area contributed by atoms with Crippen molar-refractivity contribution < 1.29 is 58.6 Å². The van der Waals surface area contributed by atoms with Crippen LogP contribution in [0.4, 0.5) is 41.9 Å². The van der Waals surface area contributed by atoms with Crippen LogP contribution in [0.5, 0.6) is 0 Å². The first-order valence-electron chi connectivity index (χ1n) is 16.3. The third-order valence-electron chi connectivity index (χ3n) is 7.14. The third kappa shape index (κ3) is 14.5. The van der Waals surface area contributed by atoms with Gasteiger partial charge in [-0.2, -0.15) is 0 Å². The summed E-state index contributed by atoms with van der Waals surface area (Å²) in [5.74, 6) is -2.65. The van der Waals surface area contributed by atoms with Crippen LogP contribution < -0.4 is 21.3 Å². The number of aliphatic hydroxyl groups is 4. The number of aliphatic hydroxyl groups excluding tert-OH is 2. The molecule has 0 aliphatic heterocycles. The van der Waals surface area contributed by atoms with E-state index in [1.165, 1.54) is 0 Å². The molecule has 53 heavy (non-hydrogen) atoms. The molecule has 0 bridgehead atoms. The van der Waals surface area contributed by atoms with Crippen molar-refractivity contribution in [2.75, 3.05) is 60.9 Å². The molecule has 0 aromatic heterocycles. The molecular formula is C37H40N4O12. The lowest BCUT2D eigenvalue weighted by Crippen LogP contribution is -2.41. The number of hydrogen-bond donors (Lipinski definition) is 8. The zero-order valence-electron chi connectivity index (χ0n) is 28.4. The van der Waals surface area contributed by atoms with Crippen molar-refractivity contribution in [2.24, 2.45) is 0 Å². The van der Waals surface area contributed by atoms with E-state index >= 15 is 0 Å². The van der Waals surface area contributed by atoms with Gasteiger partial charge < -0.3 is 39.4 Å². The fourth-order valence-electron chi connectivity index (χ4n) is 4.59. The van der Waals surface area contributed by atoms with Crippen LogP contribution in [-0.4, -0.2) is 90.2 Å². The molecule has 4 aromatic rings. The molecule has 8 N–H and O–H groups in total. The first kappa shape index (κ1) is 39.6. The van der Waals surface area contributed by atoms with Crippen molar-refractivity contribution in [2.45, 2.75) is 18.6 Å². The van der Waals surface area contributed by atoms with Crippen molar-refractivity contribution in [3.63, 3.8) is 0 Å². The van der Waals surface area contributed by atoms with E-state index in [1.807, 2.05) is 24.3 Å². The molecule has 0 unspecified atom stereocenters. The summed E-state index contributed by atoms with van der Waals surface area (Å²) in [4.78, 5) is 47.7. The summed E-state index contributed by atoms with van der Waals surface area (Å²) in [5.41, 5.74) is 5.66. The van der Waals surface area contributed by atoms with Gasteiger partial charge in [-0.05, 0) is 83.6 Å². The van der Waals surface area contributed by atoms with Crippen LogP contribution in [-0.2, 0) is 31.8 Å². The molecule has 0 fully saturated rings. The Balaban J connectivity index is 1.13. The molecular weight excluding hydrogens is 692 g/mol. The predicted molar refractivity (Wildman–Crippen MR) is 193 cm³/mol. The summed E-state index contributed by atoms with van der Waals surface area (Å²) in [5, 5.41) is 47.8. The molecule has 4 amide bonds. The minimum absolute atomic E-state index is 0.0957. The quantitative estimate of drug-likeness (QED) is 0.0591. The minimum atomic E-state index is -2.65. The fourth-order valence-corrected chi connectivity index (χ4v) is 4.59. The molecule has 0 heterocycles. The molecule has 0 saturated carbocycles. The van der Waals surface area contributed by atoms with E-state index < -0.39 is 43.4 Å². The molecule has 0 aliphatic carbocycles. The van der Waals surface area contributed by atoms with Crippen LogP contribution in [0.2, 0.25) is 0 Å². The third-order valence-corrected chi connectivity index (χ3v) is 7.14. The number of ether oxygens (including phenoxy) is 4. The number of nitrogens with one attached hydrogen (secondary N) is 4. The van der Waals surface area contributed by atoms with E-state index in [2.05, 4.69) is 21.3 Å².